The Morgan fingerprint density at radius 3 is 2.85 bits per heavy atom. The number of nitrogens with zero attached hydrogens (tertiary/aromatic N) is 5. The number of hydrogen-bond acceptors (Lipinski definition) is 9. The number of hydrogen-bond donors (Lipinski definition) is 3. The van der Waals surface area contributed by atoms with E-state index >= 15 is 0 Å². The van der Waals surface area contributed by atoms with Gasteiger partial charge < -0.3 is 35.5 Å². The van der Waals surface area contributed by atoms with Gasteiger partial charge in [0.2, 0.25) is 0 Å². The summed E-state index contributed by atoms with van der Waals surface area (Å²) in [5.74, 6) is 2.02. The second kappa shape index (κ2) is 7.84. The first-order chi connectivity index (χ1) is 16.0. The summed E-state index contributed by atoms with van der Waals surface area (Å²) in [6.45, 7) is 1.87. The van der Waals surface area contributed by atoms with Crippen LogP contribution in [0.25, 0.3) is 21.9 Å². The minimum Gasteiger partial charge on any atom is -0.491 e. The molecule has 0 spiro atoms. The number of pyridine rings is 1. The molecule has 3 atom stereocenters. The fraction of sp³-hybridized carbons (Fsp3) is 0.348. The number of nitrogens with two attached hydrogens (primary N) is 2. The molecule has 1 aromatic carbocycles. The molecule has 0 saturated carbocycles. The molecule has 2 fully saturated rings. The first kappa shape index (κ1) is 20.2. The molecular weight excluding hydrogens is 422 g/mol. The molecule has 4 aromatic rings. The molecule has 2 aliphatic heterocycles. The van der Waals surface area contributed by atoms with Crippen molar-refractivity contribution < 1.29 is 14.6 Å². The van der Waals surface area contributed by atoms with Crippen molar-refractivity contribution in [3.63, 3.8) is 0 Å². The van der Waals surface area contributed by atoms with Crippen LogP contribution in [0.4, 0.5) is 11.6 Å². The van der Waals surface area contributed by atoms with Gasteiger partial charge in [-0.1, -0.05) is 0 Å². The van der Waals surface area contributed by atoms with Crippen molar-refractivity contribution in [2.45, 2.75) is 30.9 Å². The number of aromatic nitrogens is 4. The molecule has 2 aliphatic rings. The van der Waals surface area contributed by atoms with Crippen LogP contribution in [0.1, 0.15) is 12.6 Å². The van der Waals surface area contributed by atoms with Crippen LogP contribution in [0.2, 0.25) is 0 Å². The van der Waals surface area contributed by atoms with Crippen LogP contribution in [-0.2, 0) is 4.74 Å². The van der Waals surface area contributed by atoms with Gasteiger partial charge in [-0.25, -0.2) is 15.0 Å². The number of aliphatic hydroxyl groups is 1. The Labute approximate surface area is 189 Å². The maximum atomic E-state index is 10.6. The van der Waals surface area contributed by atoms with Crippen molar-refractivity contribution in [2.24, 2.45) is 5.73 Å². The van der Waals surface area contributed by atoms with Gasteiger partial charge >= 0.3 is 0 Å². The van der Waals surface area contributed by atoms with Crippen LogP contribution in [0.15, 0.2) is 48.9 Å². The van der Waals surface area contributed by atoms with Crippen LogP contribution in [0, 0.1) is 0 Å². The lowest BCUT2D eigenvalue weighted by atomic mass is 10.1. The summed E-state index contributed by atoms with van der Waals surface area (Å²) in [5.41, 5.74) is 13.4. The van der Waals surface area contributed by atoms with E-state index < -0.39 is 12.2 Å². The molecule has 10 heteroatoms. The first-order valence-electron chi connectivity index (χ1n) is 11.0. The van der Waals surface area contributed by atoms with E-state index in [-0.39, 0.29) is 18.9 Å². The standard InChI is InChI=1S/C23H25N7O3/c24-14-9-29(10-14)20-4-2-13-1-3-15(7-17(13)28-20)32-11-19-18(31)8-21(33-19)30-6-5-16-22(25)26-12-27-23(16)30/h1-7,12,14,18-19,21,31H,8-11,24H2,(H2,25,26,27)/t18-,19+,21+/m0/s1. The van der Waals surface area contributed by atoms with Crippen molar-refractivity contribution in [3.05, 3.63) is 48.9 Å². The SMILES string of the molecule is Nc1ncnc2c1ccn2[C@H]1C[C@H](O)[C@@H](COc2ccc3ccc(N4CC(N)C4)nc3c2)O1. The fourth-order valence-corrected chi connectivity index (χ4v) is 4.49. The van der Waals surface area contributed by atoms with Crippen molar-refractivity contribution in [1.29, 1.82) is 0 Å². The summed E-state index contributed by atoms with van der Waals surface area (Å²) >= 11 is 0. The van der Waals surface area contributed by atoms with Gasteiger partial charge in [0.25, 0.3) is 0 Å². The lowest BCUT2D eigenvalue weighted by molar-refractivity contribution is -0.0379. The van der Waals surface area contributed by atoms with E-state index in [1.807, 2.05) is 41.1 Å². The van der Waals surface area contributed by atoms with Gasteiger partial charge in [-0.05, 0) is 30.3 Å². The first-order valence-corrected chi connectivity index (χ1v) is 11.0. The average Bonchev–Trinajstić information content (AvgIpc) is 3.39. The van der Waals surface area contributed by atoms with Crippen LogP contribution in [0.3, 0.4) is 0 Å². The molecule has 0 radical (unpaired) electrons. The Morgan fingerprint density at radius 2 is 2.00 bits per heavy atom. The second-order valence-electron chi connectivity index (χ2n) is 8.65. The summed E-state index contributed by atoms with van der Waals surface area (Å²) in [6.07, 6.45) is 2.23. The Morgan fingerprint density at radius 1 is 1.15 bits per heavy atom. The predicted molar refractivity (Wildman–Crippen MR) is 124 cm³/mol. The molecule has 33 heavy (non-hydrogen) atoms. The van der Waals surface area contributed by atoms with Crippen LogP contribution in [0.5, 0.6) is 5.75 Å². The van der Waals surface area contributed by atoms with Crippen molar-refractivity contribution in [2.75, 3.05) is 30.3 Å². The van der Waals surface area contributed by atoms with Gasteiger partial charge in [-0.15, -0.1) is 0 Å². The largest absolute Gasteiger partial charge is 0.491 e. The molecule has 5 heterocycles. The maximum Gasteiger partial charge on any atom is 0.147 e. The van der Waals surface area contributed by atoms with E-state index in [4.69, 9.17) is 25.9 Å². The lowest BCUT2D eigenvalue weighted by Crippen LogP contribution is -2.56. The molecule has 0 aliphatic carbocycles. The van der Waals surface area contributed by atoms with Gasteiger partial charge in [0, 0.05) is 43.2 Å². The summed E-state index contributed by atoms with van der Waals surface area (Å²) in [6, 6.07) is 11.9. The highest BCUT2D eigenvalue weighted by molar-refractivity contribution is 5.86. The minimum absolute atomic E-state index is 0.216. The Hall–Kier alpha value is -3.47. The highest BCUT2D eigenvalue weighted by atomic mass is 16.6. The number of ether oxygens (including phenoxy) is 2. The Balaban J connectivity index is 1.15. The lowest BCUT2D eigenvalue weighted by Gasteiger charge is -2.37. The van der Waals surface area contributed by atoms with Gasteiger partial charge in [-0.2, -0.15) is 0 Å². The van der Waals surface area contributed by atoms with Crippen molar-refractivity contribution >= 4 is 33.6 Å². The molecule has 0 bridgehead atoms. The van der Waals surface area contributed by atoms with Crippen molar-refractivity contribution in [1.82, 2.24) is 19.5 Å². The van der Waals surface area contributed by atoms with Crippen LogP contribution < -0.4 is 21.1 Å². The van der Waals surface area contributed by atoms with Crippen LogP contribution in [-0.4, -0.2) is 62.6 Å². The number of anilines is 2. The van der Waals surface area contributed by atoms with E-state index in [1.54, 1.807) is 0 Å². The quantitative estimate of drug-likeness (QED) is 0.415. The molecule has 0 amide bonds. The van der Waals surface area contributed by atoms with Crippen molar-refractivity contribution in [3.8, 4) is 5.75 Å². The van der Waals surface area contributed by atoms with E-state index in [9.17, 15) is 5.11 Å². The van der Waals surface area contributed by atoms with Gasteiger partial charge in [0.15, 0.2) is 0 Å². The zero-order chi connectivity index (χ0) is 22.5. The topological polar surface area (TPSA) is 138 Å². The second-order valence-corrected chi connectivity index (χ2v) is 8.65. The molecule has 2 saturated heterocycles. The monoisotopic (exact) mass is 447 g/mol. The number of benzene rings is 1. The normalized spacial score (nSPS) is 23.3. The molecule has 5 N–H and O–H groups in total. The molecular formula is C23H25N7O3. The van der Waals surface area contributed by atoms with E-state index in [0.29, 0.717) is 23.6 Å². The van der Waals surface area contributed by atoms with Gasteiger partial charge in [0.05, 0.1) is 17.0 Å². The maximum absolute atomic E-state index is 10.6. The molecule has 6 rings (SSSR count). The molecule has 3 aromatic heterocycles. The van der Waals surface area contributed by atoms with E-state index in [1.165, 1.54) is 6.33 Å². The third kappa shape index (κ3) is 3.62. The average molecular weight is 447 g/mol. The zero-order valence-electron chi connectivity index (χ0n) is 17.9. The minimum atomic E-state index is -0.660. The number of fused-ring (bicyclic) bond motifs is 2. The number of rotatable bonds is 5. The third-order valence-electron chi connectivity index (χ3n) is 6.35. The fourth-order valence-electron chi connectivity index (χ4n) is 4.49. The number of nitrogen functional groups attached to an aromatic ring is 1. The Kier molecular flexibility index (Phi) is 4.79. The third-order valence-corrected chi connectivity index (χ3v) is 6.35. The summed E-state index contributed by atoms with van der Waals surface area (Å²) in [4.78, 5) is 15.2. The van der Waals surface area contributed by atoms with E-state index in [2.05, 4.69) is 20.9 Å². The summed E-state index contributed by atoms with van der Waals surface area (Å²) in [5, 5.41) is 12.4. The van der Waals surface area contributed by atoms with E-state index in [0.717, 1.165) is 35.2 Å². The summed E-state index contributed by atoms with van der Waals surface area (Å²) in [7, 11) is 0. The highest BCUT2D eigenvalue weighted by Gasteiger charge is 2.36. The predicted octanol–water partition coefficient (Wildman–Crippen LogP) is 1.44. The number of aliphatic hydroxyl groups excluding tert-OH is 1. The van der Waals surface area contributed by atoms with Crippen LogP contribution >= 0.6 is 0 Å². The zero-order valence-corrected chi connectivity index (χ0v) is 17.9. The molecule has 0 unspecified atom stereocenters. The van der Waals surface area contributed by atoms with Gasteiger partial charge in [-0.3, -0.25) is 0 Å². The highest BCUT2D eigenvalue weighted by Crippen LogP contribution is 2.33. The summed E-state index contributed by atoms with van der Waals surface area (Å²) < 4.78 is 14.0. The molecule has 170 valence electrons. The smallest absolute Gasteiger partial charge is 0.147 e. The Bertz CT molecular complexity index is 1320. The van der Waals surface area contributed by atoms with Gasteiger partial charge in [0.1, 0.15) is 48.3 Å². The molecule has 10 nitrogen and oxygen atoms in total.